The van der Waals surface area contributed by atoms with E-state index in [1.807, 2.05) is 0 Å². The molecule has 1 aliphatic heterocycles. The van der Waals surface area contributed by atoms with Gasteiger partial charge in [0, 0.05) is 12.3 Å². The first-order chi connectivity index (χ1) is 10.6. The number of esters is 1. The van der Waals surface area contributed by atoms with E-state index in [-0.39, 0.29) is 12.4 Å². The molecule has 0 bridgehead atoms. The van der Waals surface area contributed by atoms with Crippen LogP contribution in [0.25, 0.3) is 0 Å². The Kier molecular flexibility index (Phi) is 6.59. The Morgan fingerprint density at radius 1 is 1.27 bits per heavy atom. The number of ether oxygens (including phenoxy) is 1. The predicted molar refractivity (Wildman–Crippen MR) is 88.5 cm³/mol. The van der Waals surface area contributed by atoms with Crippen LogP contribution in [0.5, 0.6) is 0 Å². The number of carbonyl (C=O) groups is 1. The summed E-state index contributed by atoms with van der Waals surface area (Å²) in [5.41, 5.74) is 1.81. The fourth-order valence-electron chi connectivity index (χ4n) is 2.96. The average Bonchev–Trinajstić information content (AvgIpc) is 2.52. The lowest BCUT2D eigenvalue weighted by molar-refractivity contribution is -0.142. The van der Waals surface area contributed by atoms with Gasteiger partial charge in [-0.15, -0.1) is 0 Å². The van der Waals surface area contributed by atoms with Crippen molar-refractivity contribution in [2.45, 2.75) is 38.5 Å². The van der Waals surface area contributed by atoms with E-state index in [0.29, 0.717) is 18.2 Å². The summed E-state index contributed by atoms with van der Waals surface area (Å²) in [7, 11) is 0. The van der Waals surface area contributed by atoms with E-state index in [0.717, 1.165) is 26.1 Å². The second kappa shape index (κ2) is 8.69. The standard InChI is InChI=1S/C18H26N2O2/c1-15(19)14-18(21)22-13-5-10-20-11-8-17(9-12-20)16-6-3-2-4-7-16/h2-4,6-7,17,19H,5,8-14H2,1H3. The Labute approximate surface area is 133 Å². The van der Waals surface area contributed by atoms with E-state index in [4.69, 9.17) is 10.1 Å². The van der Waals surface area contributed by atoms with Crippen LogP contribution in [0.3, 0.4) is 0 Å². The Bertz CT molecular complexity index is 479. The highest BCUT2D eigenvalue weighted by Crippen LogP contribution is 2.27. The van der Waals surface area contributed by atoms with E-state index in [2.05, 4.69) is 35.2 Å². The van der Waals surface area contributed by atoms with Gasteiger partial charge in [-0.05, 0) is 50.8 Å². The van der Waals surface area contributed by atoms with Gasteiger partial charge in [0.15, 0.2) is 0 Å². The third-order valence-electron chi connectivity index (χ3n) is 4.15. The maximum Gasteiger partial charge on any atom is 0.311 e. The lowest BCUT2D eigenvalue weighted by Crippen LogP contribution is -2.34. The topological polar surface area (TPSA) is 53.4 Å². The molecule has 1 heterocycles. The van der Waals surface area contributed by atoms with Crippen LogP contribution < -0.4 is 0 Å². The fourth-order valence-corrected chi connectivity index (χ4v) is 2.96. The lowest BCUT2D eigenvalue weighted by atomic mass is 9.89. The smallest absolute Gasteiger partial charge is 0.311 e. The Balaban J connectivity index is 1.60. The number of hydrogen-bond donors (Lipinski definition) is 1. The van der Waals surface area contributed by atoms with E-state index < -0.39 is 0 Å². The second-order valence-electron chi connectivity index (χ2n) is 6.06. The van der Waals surface area contributed by atoms with Crippen LogP contribution in [0, 0.1) is 5.41 Å². The van der Waals surface area contributed by atoms with Crippen molar-refractivity contribution in [2.24, 2.45) is 0 Å². The van der Waals surface area contributed by atoms with Crippen molar-refractivity contribution in [3.8, 4) is 0 Å². The van der Waals surface area contributed by atoms with Crippen LogP contribution in [-0.2, 0) is 9.53 Å². The third kappa shape index (κ3) is 5.60. The maximum absolute atomic E-state index is 11.3. The van der Waals surface area contributed by atoms with Crippen LogP contribution in [0.1, 0.15) is 44.1 Å². The molecule has 1 aromatic carbocycles. The van der Waals surface area contributed by atoms with Crippen molar-refractivity contribution in [1.82, 2.24) is 4.90 Å². The van der Waals surface area contributed by atoms with Crippen molar-refractivity contribution >= 4 is 11.7 Å². The molecule has 1 aromatic rings. The number of nitrogens with one attached hydrogen (secondary N) is 1. The third-order valence-corrected chi connectivity index (χ3v) is 4.15. The molecule has 2 rings (SSSR count). The number of benzene rings is 1. The molecule has 1 aliphatic rings. The van der Waals surface area contributed by atoms with Gasteiger partial charge >= 0.3 is 5.97 Å². The predicted octanol–water partition coefficient (Wildman–Crippen LogP) is 3.23. The zero-order chi connectivity index (χ0) is 15.8. The van der Waals surface area contributed by atoms with Gasteiger partial charge in [0.2, 0.25) is 0 Å². The van der Waals surface area contributed by atoms with Gasteiger partial charge in [0.25, 0.3) is 0 Å². The number of hydrogen-bond acceptors (Lipinski definition) is 4. The molecule has 1 fully saturated rings. The van der Waals surface area contributed by atoms with Gasteiger partial charge < -0.3 is 15.0 Å². The molecule has 0 aromatic heterocycles. The number of piperidine rings is 1. The van der Waals surface area contributed by atoms with Gasteiger partial charge in [0.05, 0.1) is 13.0 Å². The summed E-state index contributed by atoms with van der Waals surface area (Å²) in [6.07, 6.45) is 3.40. The molecular formula is C18H26N2O2. The van der Waals surface area contributed by atoms with Crippen molar-refractivity contribution in [2.75, 3.05) is 26.2 Å². The minimum atomic E-state index is -0.282. The van der Waals surface area contributed by atoms with E-state index in [1.165, 1.54) is 18.4 Å². The summed E-state index contributed by atoms with van der Waals surface area (Å²) < 4.78 is 5.13. The summed E-state index contributed by atoms with van der Waals surface area (Å²) in [5, 5.41) is 7.25. The highest BCUT2D eigenvalue weighted by Gasteiger charge is 2.19. The molecule has 4 heteroatoms. The first-order valence-electron chi connectivity index (χ1n) is 8.12. The van der Waals surface area contributed by atoms with E-state index in [1.54, 1.807) is 6.92 Å². The molecular weight excluding hydrogens is 276 g/mol. The van der Waals surface area contributed by atoms with E-state index in [9.17, 15) is 4.79 Å². The first kappa shape index (κ1) is 16.7. The van der Waals surface area contributed by atoms with Crippen molar-refractivity contribution in [3.63, 3.8) is 0 Å². The van der Waals surface area contributed by atoms with Crippen molar-refractivity contribution in [3.05, 3.63) is 35.9 Å². The zero-order valence-corrected chi connectivity index (χ0v) is 13.4. The molecule has 1 saturated heterocycles. The average molecular weight is 302 g/mol. The first-order valence-corrected chi connectivity index (χ1v) is 8.12. The molecule has 1 N–H and O–H groups in total. The molecule has 0 saturated carbocycles. The quantitative estimate of drug-likeness (QED) is 0.478. The summed E-state index contributed by atoms with van der Waals surface area (Å²) in [4.78, 5) is 13.8. The van der Waals surface area contributed by atoms with Crippen LogP contribution in [0.2, 0.25) is 0 Å². The Morgan fingerprint density at radius 2 is 1.95 bits per heavy atom. The van der Waals surface area contributed by atoms with Crippen LogP contribution in [0.15, 0.2) is 30.3 Å². The van der Waals surface area contributed by atoms with E-state index >= 15 is 0 Å². The molecule has 0 amide bonds. The Hall–Kier alpha value is -1.68. The highest BCUT2D eigenvalue weighted by atomic mass is 16.5. The lowest BCUT2D eigenvalue weighted by Gasteiger charge is -2.32. The normalized spacial score (nSPS) is 16.4. The van der Waals surface area contributed by atoms with Gasteiger partial charge in [-0.3, -0.25) is 4.79 Å². The van der Waals surface area contributed by atoms with Gasteiger partial charge in [0.1, 0.15) is 0 Å². The molecule has 0 spiro atoms. The zero-order valence-electron chi connectivity index (χ0n) is 13.4. The minimum absolute atomic E-state index is 0.114. The monoisotopic (exact) mass is 302 g/mol. The SMILES string of the molecule is CC(=N)CC(=O)OCCCN1CCC(c2ccccc2)CC1. The second-order valence-corrected chi connectivity index (χ2v) is 6.06. The van der Waals surface area contributed by atoms with Crippen LogP contribution in [-0.4, -0.2) is 42.8 Å². The van der Waals surface area contributed by atoms with Crippen LogP contribution in [0.4, 0.5) is 0 Å². The number of rotatable bonds is 7. The molecule has 120 valence electrons. The summed E-state index contributed by atoms with van der Waals surface area (Å²) in [6, 6.07) is 10.8. The summed E-state index contributed by atoms with van der Waals surface area (Å²) >= 11 is 0. The van der Waals surface area contributed by atoms with Gasteiger partial charge in [-0.25, -0.2) is 0 Å². The molecule has 0 unspecified atom stereocenters. The summed E-state index contributed by atoms with van der Waals surface area (Å²) in [5.74, 6) is 0.404. The highest BCUT2D eigenvalue weighted by molar-refractivity contribution is 5.95. The van der Waals surface area contributed by atoms with Crippen molar-refractivity contribution in [1.29, 1.82) is 5.41 Å². The van der Waals surface area contributed by atoms with Gasteiger partial charge in [-0.2, -0.15) is 0 Å². The number of likely N-dealkylation sites (tertiary alicyclic amines) is 1. The molecule has 22 heavy (non-hydrogen) atoms. The van der Waals surface area contributed by atoms with Gasteiger partial charge in [-0.1, -0.05) is 30.3 Å². The largest absolute Gasteiger partial charge is 0.465 e. The number of nitrogens with zero attached hydrogens (tertiary/aromatic N) is 1. The van der Waals surface area contributed by atoms with Crippen molar-refractivity contribution < 1.29 is 9.53 Å². The molecule has 4 nitrogen and oxygen atoms in total. The molecule has 0 aliphatic carbocycles. The minimum Gasteiger partial charge on any atom is -0.465 e. The van der Waals surface area contributed by atoms with Crippen LogP contribution >= 0.6 is 0 Å². The summed E-state index contributed by atoms with van der Waals surface area (Å²) in [6.45, 7) is 5.31. The maximum atomic E-state index is 11.3. The molecule has 0 atom stereocenters. The molecule has 0 radical (unpaired) electrons. The Morgan fingerprint density at radius 3 is 2.59 bits per heavy atom. The number of carbonyl (C=O) groups excluding carboxylic acids is 1. The fraction of sp³-hybridized carbons (Fsp3) is 0.556.